The van der Waals surface area contributed by atoms with Crippen molar-refractivity contribution in [1.82, 2.24) is 10.2 Å². The fourth-order valence-electron chi connectivity index (χ4n) is 3.77. The third-order valence-electron chi connectivity index (χ3n) is 4.82. The molecule has 1 aliphatic carbocycles. The Balaban J connectivity index is 1.44. The van der Waals surface area contributed by atoms with Crippen molar-refractivity contribution in [2.45, 2.75) is 44.2 Å². The lowest BCUT2D eigenvalue weighted by molar-refractivity contribution is 0.174. The van der Waals surface area contributed by atoms with Gasteiger partial charge in [-0.05, 0) is 63.6 Å². The van der Waals surface area contributed by atoms with Gasteiger partial charge in [-0.1, -0.05) is 0 Å². The van der Waals surface area contributed by atoms with Crippen LogP contribution in [0, 0.1) is 11.8 Å². The highest BCUT2D eigenvalue weighted by atomic mass is 16.3. The molecular formula is C13H24N2O. The second-order valence-corrected chi connectivity index (χ2v) is 5.99. The average molecular weight is 224 g/mol. The van der Waals surface area contributed by atoms with E-state index < -0.39 is 0 Å². The molecule has 3 heteroatoms. The van der Waals surface area contributed by atoms with Gasteiger partial charge in [-0.3, -0.25) is 0 Å². The van der Waals surface area contributed by atoms with E-state index in [2.05, 4.69) is 10.2 Å². The molecule has 16 heavy (non-hydrogen) atoms. The Kier molecular flexibility index (Phi) is 3.18. The molecule has 2 N–H and O–H groups in total. The van der Waals surface area contributed by atoms with Gasteiger partial charge < -0.3 is 15.3 Å². The standard InChI is InChI=1S/C13H24N2O/c16-12-2-1-10(7-12)8-14-13-4-6-15-5-3-11(13)9-15/h10-14,16H,1-9H2. The zero-order valence-corrected chi connectivity index (χ0v) is 10.1. The Labute approximate surface area is 98.2 Å². The van der Waals surface area contributed by atoms with Gasteiger partial charge in [0, 0.05) is 12.6 Å². The summed E-state index contributed by atoms with van der Waals surface area (Å²) in [6.07, 6.45) is 5.98. The predicted molar refractivity (Wildman–Crippen MR) is 64.3 cm³/mol. The zero-order chi connectivity index (χ0) is 11.0. The molecule has 3 fully saturated rings. The molecule has 0 amide bonds. The molecule has 0 aromatic rings. The van der Waals surface area contributed by atoms with Gasteiger partial charge in [0.05, 0.1) is 6.10 Å². The number of hydrogen-bond acceptors (Lipinski definition) is 3. The van der Waals surface area contributed by atoms with Crippen molar-refractivity contribution in [2.75, 3.05) is 26.2 Å². The molecule has 0 radical (unpaired) electrons. The Morgan fingerprint density at radius 2 is 2.00 bits per heavy atom. The SMILES string of the molecule is OC1CCC(CNC2CCN3CCC2C3)C1. The summed E-state index contributed by atoms with van der Waals surface area (Å²) in [5.74, 6) is 1.63. The molecule has 5 unspecified atom stereocenters. The minimum absolute atomic E-state index is 0.0138. The highest BCUT2D eigenvalue weighted by Crippen LogP contribution is 2.29. The highest BCUT2D eigenvalue weighted by Gasteiger charge is 2.34. The van der Waals surface area contributed by atoms with Crippen molar-refractivity contribution in [3.05, 3.63) is 0 Å². The van der Waals surface area contributed by atoms with Crippen LogP contribution in [0.25, 0.3) is 0 Å². The summed E-state index contributed by atoms with van der Waals surface area (Å²) in [6.45, 7) is 5.08. The first-order valence-corrected chi connectivity index (χ1v) is 6.95. The van der Waals surface area contributed by atoms with Gasteiger partial charge in [-0.2, -0.15) is 0 Å². The monoisotopic (exact) mass is 224 g/mol. The molecule has 92 valence electrons. The van der Waals surface area contributed by atoms with Crippen LogP contribution in [0.5, 0.6) is 0 Å². The van der Waals surface area contributed by atoms with Crippen LogP contribution in [0.3, 0.4) is 0 Å². The molecule has 1 saturated carbocycles. The Hall–Kier alpha value is -0.120. The molecule has 2 saturated heterocycles. The number of aliphatic hydroxyl groups is 1. The van der Waals surface area contributed by atoms with E-state index in [1.54, 1.807) is 0 Å². The molecule has 2 bridgehead atoms. The minimum atomic E-state index is -0.0138. The minimum Gasteiger partial charge on any atom is -0.393 e. The maximum atomic E-state index is 9.51. The van der Waals surface area contributed by atoms with Crippen molar-refractivity contribution < 1.29 is 5.11 Å². The molecule has 2 heterocycles. The van der Waals surface area contributed by atoms with E-state index in [4.69, 9.17) is 0 Å². The van der Waals surface area contributed by atoms with E-state index in [1.807, 2.05) is 0 Å². The summed E-state index contributed by atoms with van der Waals surface area (Å²) in [6, 6.07) is 0.761. The quantitative estimate of drug-likeness (QED) is 0.745. The second-order valence-electron chi connectivity index (χ2n) is 5.99. The summed E-state index contributed by atoms with van der Waals surface area (Å²) >= 11 is 0. The van der Waals surface area contributed by atoms with Crippen LogP contribution in [-0.4, -0.2) is 48.3 Å². The Bertz CT molecular complexity index is 246. The zero-order valence-electron chi connectivity index (χ0n) is 10.1. The molecule has 0 spiro atoms. The summed E-state index contributed by atoms with van der Waals surface area (Å²) < 4.78 is 0. The lowest BCUT2D eigenvalue weighted by Crippen LogP contribution is -2.45. The Morgan fingerprint density at radius 3 is 2.81 bits per heavy atom. The van der Waals surface area contributed by atoms with E-state index in [1.165, 1.54) is 38.9 Å². The number of piperidine rings is 1. The molecule has 0 aromatic heterocycles. The third kappa shape index (κ3) is 2.27. The van der Waals surface area contributed by atoms with Crippen LogP contribution in [0.1, 0.15) is 32.1 Å². The maximum Gasteiger partial charge on any atom is 0.0543 e. The largest absolute Gasteiger partial charge is 0.393 e. The van der Waals surface area contributed by atoms with Crippen molar-refractivity contribution in [3.63, 3.8) is 0 Å². The predicted octanol–water partition coefficient (Wildman–Crippen LogP) is 0.831. The molecule has 0 aromatic carbocycles. The van der Waals surface area contributed by atoms with Crippen LogP contribution in [0.4, 0.5) is 0 Å². The van der Waals surface area contributed by atoms with Crippen LogP contribution < -0.4 is 5.32 Å². The van der Waals surface area contributed by atoms with Crippen LogP contribution in [-0.2, 0) is 0 Å². The second kappa shape index (κ2) is 4.63. The highest BCUT2D eigenvalue weighted by molar-refractivity contribution is 4.91. The average Bonchev–Trinajstić information content (AvgIpc) is 2.86. The van der Waals surface area contributed by atoms with Gasteiger partial charge >= 0.3 is 0 Å². The van der Waals surface area contributed by atoms with E-state index in [9.17, 15) is 5.11 Å². The fourth-order valence-corrected chi connectivity index (χ4v) is 3.77. The molecule has 3 rings (SSSR count). The van der Waals surface area contributed by atoms with Gasteiger partial charge in [-0.25, -0.2) is 0 Å². The van der Waals surface area contributed by atoms with Crippen molar-refractivity contribution >= 4 is 0 Å². The third-order valence-corrected chi connectivity index (χ3v) is 4.82. The molecule has 3 nitrogen and oxygen atoms in total. The van der Waals surface area contributed by atoms with Gasteiger partial charge in [0.25, 0.3) is 0 Å². The first-order chi connectivity index (χ1) is 7.81. The topological polar surface area (TPSA) is 35.5 Å². The van der Waals surface area contributed by atoms with Crippen molar-refractivity contribution in [1.29, 1.82) is 0 Å². The summed E-state index contributed by atoms with van der Waals surface area (Å²) in [4.78, 5) is 2.60. The number of nitrogens with zero attached hydrogens (tertiary/aromatic N) is 1. The lowest BCUT2D eigenvalue weighted by atomic mass is 9.93. The molecule has 3 aliphatic rings. The number of hydrogen-bond donors (Lipinski definition) is 2. The van der Waals surface area contributed by atoms with Gasteiger partial charge in [-0.15, -0.1) is 0 Å². The van der Waals surface area contributed by atoms with Crippen molar-refractivity contribution in [2.24, 2.45) is 11.8 Å². The first-order valence-electron chi connectivity index (χ1n) is 6.95. The van der Waals surface area contributed by atoms with Crippen molar-refractivity contribution in [3.8, 4) is 0 Å². The maximum absolute atomic E-state index is 9.51. The van der Waals surface area contributed by atoms with Gasteiger partial charge in [0.15, 0.2) is 0 Å². The summed E-state index contributed by atoms with van der Waals surface area (Å²) in [5, 5.41) is 13.3. The van der Waals surface area contributed by atoms with Gasteiger partial charge in [0.1, 0.15) is 0 Å². The fraction of sp³-hybridized carbons (Fsp3) is 1.00. The lowest BCUT2D eigenvalue weighted by Gasteiger charge is -2.31. The van der Waals surface area contributed by atoms with Crippen LogP contribution in [0.2, 0.25) is 0 Å². The number of rotatable bonds is 3. The smallest absolute Gasteiger partial charge is 0.0543 e. The van der Waals surface area contributed by atoms with Gasteiger partial charge in [0.2, 0.25) is 0 Å². The van der Waals surface area contributed by atoms with E-state index in [-0.39, 0.29) is 6.10 Å². The van der Waals surface area contributed by atoms with E-state index in [0.29, 0.717) is 0 Å². The van der Waals surface area contributed by atoms with Crippen LogP contribution >= 0.6 is 0 Å². The van der Waals surface area contributed by atoms with E-state index >= 15 is 0 Å². The molecular weight excluding hydrogens is 200 g/mol. The molecule has 5 atom stereocenters. The number of aliphatic hydroxyl groups excluding tert-OH is 1. The van der Waals surface area contributed by atoms with E-state index in [0.717, 1.165) is 37.3 Å². The number of nitrogens with one attached hydrogen (secondary N) is 1. The molecule has 2 aliphatic heterocycles. The summed E-state index contributed by atoms with van der Waals surface area (Å²) in [5.41, 5.74) is 0. The summed E-state index contributed by atoms with van der Waals surface area (Å²) in [7, 11) is 0. The Morgan fingerprint density at radius 1 is 1.12 bits per heavy atom. The van der Waals surface area contributed by atoms with Crippen LogP contribution in [0.15, 0.2) is 0 Å². The number of fused-ring (bicyclic) bond motifs is 2. The normalized spacial score (nSPS) is 47.4. The first kappa shape index (κ1) is 11.0.